The summed E-state index contributed by atoms with van der Waals surface area (Å²) < 4.78 is 0. The molecule has 0 aliphatic carbocycles. The lowest BCUT2D eigenvalue weighted by molar-refractivity contribution is 0.332. The molecule has 2 N–H and O–H groups in total. The van der Waals surface area contributed by atoms with Crippen LogP contribution in [0.15, 0.2) is 29.6 Å². The van der Waals surface area contributed by atoms with Crippen molar-refractivity contribution in [3.8, 4) is 11.3 Å². The van der Waals surface area contributed by atoms with E-state index in [1.807, 2.05) is 24.3 Å². The number of hydrogen-bond donors (Lipinski definition) is 1. The number of nitrogen functional groups attached to an aromatic ring is 1. The Balaban J connectivity index is 1.90. The summed E-state index contributed by atoms with van der Waals surface area (Å²) in [5, 5.41) is 3.34. The van der Waals surface area contributed by atoms with Crippen LogP contribution in [0.5, 0.6) is 0 Å². The smallest absolute Gasteiger partial charge is 0.0945 e. The third-order valence-corrected chi connectivity index (χ3v) is 4.27. The number of rotatable bonds is 7. The van der Waals surface area contributed by atoms with Crippen molar-refractivity contribution < 1.29 is 0 Å². The Hall–Kier alpha value is -1.39. The molecule has 1 aromatic heterocycles. The second-order valence-electron chi connectivity index (χ2n) is 5.16. The van der Waals surface area contributed by atoms with E-state index in [0.29, 0.717) is 0 Å². The molecular weight excluding hydrogens is 266 g/mol. The molecule has 20 heavy (non-hydrogen) atoms. The monoisotopic (exact) mass is 289 g/mol. The van der Waals surface area contributed by atoms with E-state index < -0.39 is 0 Å². The van der Waals surface area contributed by atoms with Gasteiger partial charge in [0.05, 0.1) is 10.7 Å². The number of nitrogens with zero attached hydrogens (tertiary/aromatic N) is 2. The highest BCUT2D eigenvalue weighted by Crippen LogP contribution is 2.23. The van der Waals surface area contributed by atoms with E-state index in [2.05, 4.69) is 24.3 Å². The highest BCUT2D eigenvalue weighted by Gasteiger charge is 2.06. The van der Waals surface area contributed by atoms with Gasteiger partial charge in [-0.25, -0.2) is 4.98 Å². The zero-order valence-electron chi connectivity index (χ0n) is 12.3. The van der Waals surface area contributed by atoms with E-state index in [1.54, 1.807) is 11.3 Å². The Morgan fingerprint density at radius 2 is 1.95 bits per heavy atom. The molecule has 0 aliphatic heterocycles. The van der Waals surface area contributed by atoms with Crippen molar-refractivity contribution in [2.75, 3.05) is 25.9 Å². The van der Waals surface area contributed by atoms with Gasteiger partial charge in [-0.2, -0.15) is 0 Å². The third kappa shape index (κ3) is 4.32. The van der Waals surface area contributed by atoms with Crippen molar-refractivity contribution in [3.05, 3.63) is 34.7 Å². The molecule has 2 aromatic rings. The number of thiazole rings is 1. The highest BCUT2D eigenvalue weighted by atomic mass is 32.1. The van der Waals surface area contributed by atoms with Gasteiger partial charge in [0, 0.05) is 29.6 Å². The molecule has 0 amide bonds. The molecule has 0 aliphatic rings. The molecule has 2 rings (SSSR count). The number of benzene rings is 1. The quantitative estimate of drug-likeness (QED) is 0.791. The molecule has 0 unspecified atom stereocenters. The molecule has 0 radical (unpaired) electrons. The standard InChI is InChI=1S/C16H23N3S/c1-3-4-10-19(2)11-9-16-18-15(12-20-16)13-5-7-14(17)8-6-13/h5-8,12H,3-4,9-11,17H2,1-2H3. The van der Waals surface area contributed by atoms with E-state index >= 15 is 0 Å². The molecule has 108 valence electrons. The predicted octanol–water partition coefficient (Wildman–Crippen LogP) is 3.67. The molecule has 0 bridgehead atoms. The summed E-state index contributed by atoms with van der Waals surface area (Å²) in [6, 6.07) is 7.91. The first-order valence-electron chi connectivity index (χ1n) is 7.18. The van der Waals surface area contributed by atoms with Crippen molar-refractivity contribution in [2.45, 2.75) is 26.2 Å². The van der Waals surface area contributed by atoms with Crippen LogP contribution in [0.2, 0.25) is 0 Å². The molecule has 3 nitrogen and oxygen atoms in total. The van der Waals surface area contributed by atoms with Crippen LogP contribution in [-0.4, -0.2) is 30.0 Å². The Morgan fingerprint density at radius 3 is 2.65 bits per heavy atom. The Morgan fingerprint density at radius 1 is 1.20 bits per heavy atom. The first kappa shape index (κ1) is 15.0. The minimum atomic E-state index is 0.793. The SMILES string of the molecule is CCCCN(C)CCc1nc(-c2ccc(N)cc2)cs1. The van der Waals surface area contributed by atoms with Crippen LogP contribution in [0, 0.1) is 0 Å². The molecule has 1 heterocycles. The van der Waals surface area contributed by atoms with Crippen molar-refractivity contribution in [1.29, 1.82) is 0 Å². The van der Waals surface area contributed by atoms with Crippen molar-refractivity contribution >= 4 is 17.0 Å². The summed E-state index contributed by atoms with van der Waals surface area (Å²) in [5.41, 5.74) is 8.70. The van der Waals surface area contributed by atoms with Crippen LogP contribution in [0.4, 0.5) is 5.69 Å². The van der Waals surface area contributed by atoms with E-state index in [9.17, 15) is 0 Å². The van der Waals surface area contributed by atoms with Crippen molar-refractivity contribution in [2.24, 2.45) is 0 Å². The average molecular weight is 289 g/mol. The lowest BCUT2D eigenvalue weighted by Gasteiger charge is -2.14. The van der Waals surface area contributed by atoms with Crippen LogP contribution in [0.25, 0.3) is 11.3 Å². The summed E-state index contributed by atoms with van der Waals surface area (Å²) in [4.78, 5) is 7.10. The normalized spacial score (nSPS) is 11.2. The van der Waals surface area contributed by atoms with E-state index in [4.69, 9.17) is 10.7 Å². The van der Waals surface area contributed by atoms with Crippen molar-refractivity contribution in [3.63, 3.8) is 0 Å². The summed E-state index contributed by atoms with van der Waals surface area (Å²) in [7, 11) is 2.18. The largest absolute Gasteiger partial charge is 0.399 e. The summed E-state index contributed by atoms with van der Waals surface area (Å²) in [6.45, 7) is 4.48. The zero-order valence-corrected chi connectivity index (χ0v) is 13.1. The van der Waals surface area contributed by atoms with Gasteiger partial charge in [0.1, 0.15) is 0 Å². The lowest BCUT2D eigenvalue weighted by atomic mass is 10.1. The van der Waals surface area contributed by atoms with E-state index in [-0.39, 0.29) is 0 Å². The van der Waals surface area contributed by atoms with Crippen LogP contribution >= 0.6 is 11.3 Å². The fourth-order valence-corrected chi connectivity index (χ4v) is 2.84. The Labute approximate surface area is 125 Å². The molecular formula is C16H23N3S. The van der Waals surface area contributed by atoms with Crippen LogP contribution in [0.1, 0.15) is 24.8 Å². The van der Waals surface area contributed by atoms with Crippen molar-refractivity contribution in [1.82, 2.24) is 9.88 Å². The summed E-state index contributed by atoms with van der Waals surface area (Å²) in [5.74, 6) is 0. The fraction of sp³-hybridized carbons (Fsp3) is 0.438. The van der Waals surface area contributed by atoms with Gasteiger partial charge in [-0.3, -0.25) is 0 Å². The average Bonchev–Trinajstić information content (AvgIpc) is 2.92. The fourth-order valence-electron chi connectivity index (χ4n) is 2.04. The second-order valence-corrected chi connectivity index (χ2v) is 6.10. The molecule has 0 atom stereocenters. The number of aromatic nitrogens is 1. The topological polar surface area (TPSA) is 42.2 Å². The first-order chi connectivity index (χ1) is 9.69. The van der Waals surface area contributed by atoms with Crippen LogP contribution in [-0.2, 0) is 6.42 Å². The minimum Gasteiger partial charge on any atom is -0.399 e. The maximum atomic E-state index is 5.71. The van der Waals surface area contributed by atoms with Gasteiger partial charge in [0.2, 0.25) is 0 Å². The number of hydrogen-bond acceptors (Lipinski definition) is 4. The Kier molecular flexibility index (Phi) is 5.56. The van der Waals surface area contributed by atoms with Crippen LogP contribution in [0.3, 0.4) is 0 Å². The molecule has 1 aromatic carbocycles. The minimum absolute atomic E-state index is 0.793. The number of nitrogens with two attached hydrogens (primary N) is 1. The van der Waals surface area contributed by atoms with Gasteiger partial charge in [0.15, 0.2) is 0 Å². The van der Waals surface area contributed by atoms with Gasteiger partial charge >= 0.3 is 0 Å². The maximum Gasteiger partial charge on any atom is 0.0945 e. The number of anilines is 1. The summed E-state index contributed by atoms with van der Waals surface area (Å²) in [6.07, 6.45) is 3.55. The highest BCUT2D eigenvalue weighted by molar-refractivity contribution is 7.09. The van der Waals surface area contributed by atoms with Gasteiger partial charge in [0.25, 0.3) is 0 Å². The molecule has 4 heteroatoms. The van der Waals surface area contributed by atoms with E-state index in [0.717, 1.165) is 29.9 Å². The number of unbranched alkanes of at least 4 members (excludes halogenated alkanes) is 1. The van der Waals surface area contributed by atoms with Gasteiger partial charge in [-0.05, 0) is 32.1 Å². The predicted molar refractivity (Wildman–Crippen MR) is 88.1 cm³/mol. The Bertz CT molecular complexity index is 519. The zero-order chi connectivity index (χ0) is 14.4. The van der Waals surface area contributed by atoms with Gasteiger partial charge < -0.3 is 10.6 Å². The van der Waals surface area contributed by atoms with Crippen LogP contribution < -0.4 is 5.73 Å². The number of likely N-dealkylation sites (N-methyl/N-ethyl adjacent to an activating group) is 1. The lowest BCUT2D eigenvalue weighted by Crippen LogP contribution is -2.22. The maximum absolute atomic E-state index is 5.71. The molecule has 0 saturated heterocycles. The first-order valence-corrected chi connectivity index (χ1v) is 8.06. The summed E-state index contributed by atoms with van der Waals surface area (Å²) >= 11 is 1.75. The third-order valence-electron chi connectivity index (χ3n) is 3.36. The molecule has 0 fully saturated rings. The second kappa shape index (κ2) is 7.41. The molecule has 0 saturated carbocycles. The van der Waals surface area contributed by atoms with E-state index in [1.165, 1.54) is 24.4 Å². The van der Waals surface area contributed by atoms with Gasteiger partial charge in [-0.15, -0.1) is 11.3 Å². The van der Waals surface area contributed by atoms with Gasteiger partial charge in [-0.1, -0.05) is 25.5 Å². The molecule has 0 spiro atoms.